The topological polar surface area (TPSA) is 52.6 Å². The minimum Gasteiger partial charge on any atom is -0.392 e. The van der Waals surface area contributed by atoms with Crippen LogP contribution >= 0.6 is 0 Å². The number of aliphatic hydroxyl groups excluding tert-OH is 1. The standard InChI is InChI=1S/C23H30F6N2O2/c1-14(2)21(6-5-18(11-21)31-7-3-4-19(32)13-31)20(33)30-12-15-8-16(22(24,25)26)10-17(9-15)23(27,28)29/h8-10,14,18-19,32H,3-7,11-13H2,1-2H3,(H,30,33). The number of hydrogen-bond donors (Lipinski definition) is 2. The molecule has 0 bridgehead atoms. The van der Waals surface area contributed by atoms with Crippen LogP contribution in [0.1, 0.15) is 62.6 Å². The normalized spacial score (nSPS) is 27.2. The molecule has 1 aromatic carbocycles. The lowest BCUT2D eigenvalue weighted by Crippen LogP contribution is -2.47. The van der Waals surface area contributed by atoms with E-state index in [1.54, 1.807) is 0 Å². The summed E-state index contributed by atoms with van der Waals surface area (Å²) in [6.45, 7) is 4.76. The number of β-amino-alcohol motifs (C(OH)–C–C–N with tert-alkyl or cyclic N) is 1. The smallest absolute Gasteiger partial charge is 0.392 e. The van der Waals surface area contributed by atoms with Gasteiger partial charge in [0.05, 0.1) is 22.6 Å². The molecule has 0 aromatic heterocycles. The van der Waals surface area contributed by atoms with Gasteiger partial charge in [0, 0.05) is 19.1 Å². The molecule has 1 saturated heterocycles. The van der Waals surface area contributed by atoms with Crippen molar-refractivity contribution in [3.05, 3.63) is 34.9 Å². The molecule has 1 saturated carbocycles. The van der Waals surface area contributed by atoms with Crippen LogP contribution in [0.25, 0.3) is 0 Å². The third kappa shape index (κ3) is 5.82. The predicted molar refractivity (Wildman–Crippen MR) is 110 cm³/mol. The second-order valence-corrected chi connectivity index (χ2v) is 9.60. The highest BCUT2D eigenvalue weighted by Crippen LogP contribution is 2.47. The van der Waals surface area contributed by atoms with Gasteiger partial charge in [-0.05, 0) is 68.3 Å². The van der Waals surface area contributed by atoms with Gasteiger partial charge in [-0.3, -0.25) is 9.69 Å². The largest absolute Gasteiger partial charge is 0.416 e. The van der Waals surface area contributed by atoms with Crippen molar-refractivity contribution < 1.29 is 36.2 Å². The number of alkyl halides is 6. The van der Waals surface area contributed by atoms with Crippen molar-refractivity contribution in [3.8, 4) is 0 Å². The monoisotopic (exact) mass is 480 g/mol. The summed E-state index contributed by atoms with van der Waals surface area (Å²) in [5, 5.41) is 12.6. The first kappa shape index (κ1) is 25.8. The second-order valence-electron chi connectivity index (χ2n) is 9.60. The van der Waals surface area contributed by atoms with Crippen molar-refractivity contribution in [3.63, 3.8) is 0 Å². The minimum absolute atomic E-state index is 0.0653. The van der Waals surface area contributed by atoms with E-state index in [0.29, 0.717) is 31.5 Å². The maximum atomic E-state index is 13.2. The molecule has 1 amide bonds. The zero-order chi connectivity index (χ0) is 24.6. The number of hydrogen-bond acceptors (Lipinski definition) is 3. The van der Waals surface area contributed by atoms with Gasteiger partial charge in [0.25, 0.3) is 0 Å². The molecule has 2 fully saturated rings. The van der Waals surface area contributed by atoms with Crippen molar-refractivity contribution in [1.82, 2.24) is 10.2 Å². The number of carbonyl (C=O) groups excluding carboxylic acids is 1. The van der Waals surface area contributed by atoms with Crippen LogP contribution in [-0.4, -0.2) is 41.1 Å². The van der Waals surface area contributed by atoms with Gasteiger partial charge in [-0.25, -0.2) is 0 Å². The van der Waals surface area contributed by atoms with Gasteiger partial charge in [0.15, 0.2) is 0 Å². The van der Waals surface area contributed by atoms with Crippen molar-refractivity contribution in [2.75, 3.05) is 13.1 Å². The first-order chi connectivity index (χ1) is 15.2. The quantitative estimate of drug-likeness (QED) is 0.584. The van der Waals surface area contributed by atoms with Gasteiger partial charge in [0.1, 0.15) is 0 Å². The van der Waals surface area contributed by atoms with E-state index in [2.05, 4.69) is 10.2 Å². The van der Waals surface area contributed by atoms with Gasteiger partial charge in [-0.1, -0.05) is 13.8 Å². The SMILES string of the molecule is CC(C)C1(C(=O)NCc2cc(C(F)(F)F)cc(C(F)(F)F)c2)CCC(N2CCCC(O)C2)C1. The average molecular weight is 480 g/mol. The van der Waals surface area contributed by atoms with E-state index < -0.39 is 41.5 Å². The molecule has 1 aliphatic carbocycles. The molecule has 3 unspecified atom stereocenters. The number of halogens is 6. The van der Waals surface area contributed by atoms with Crippen LogP contribution in [-0.2, 0) is 23.7 Å². The summed E-state index contributed by atoms with van der Waals surface area (Å²) in [4.78, 5) is 15.4. The molecule has 33 heavy (non-hydrogen) atoms. The maximum absolute atomic E-state index is 13.2. The number of carbonyl (C=O) groups is 1. The number of rotatable bonds is 5. The predicted octanol–water partition coefficient (Wildman–Crippen LogP) is 4.99. The highest BCUT2D eigenvalue weighted by Gasteiger charge is 2.49. The molecule has 1 heterocycles. The molecule has 4 nitrogen and oxygen atoms in total. The summed E-state index contributed by atoms with van der Waals surface area (Å²) in [6, 6.07) is 1.47. The van der Waals surface area contributed by atoms with Crippen molar-refractivity contribution >= 4 is 5.91 Å². The molecule has 2 N–H and O–H groups in total. The zero-order valence-corrected chi connectivity index (χ0v) is 18.7. The lowest BCUT2D eigenvalue weighted by Gasteiger charge is -2.37. The zero-order valence-electron chi connectivity index (χ0n) is 18.7. The summed E-state index contributed by atoms with van der Waals surface area (Å²) < 4.78 is 78.7. The Bertz CT molecular complexity index is 822. The second kappa shape index (κ2) is 9.44. The molecular weight excluding hydrogens is 450 g/mol. The molecule has 0 radical (unpaired) electrons. The third-order valence-electron chi connectivity index (χ3n) is 7.13. The van der Waals surface area contributed by atoms with Crippen LogP contribution in [0.3, 0.4) is 0 Å². The van der Waals surface area contributed by atoms with E-state index in [0.717, 1.165) is 25.8 Å². The Morgan fingerprint density at radius 3 is 2.24 bits per heavy atom. The third-order valence-corrected chi connectivity index (χ3v) is 7.13. The van der Waals surface area contributed by atoms with E-state index in [9.17, 15) is 36.2 Å². The van der Waals surface area contributed by atoms with E-state index in [4.69, 9.17) is 0 Å². The van der Waals surface area contributed by atoms with E-state index in [1.807, 2.05) is 13.8 Å². The Kier molecular flexibility index (Phi) is 7.39. The summed E-state index contributed by atoms with van der Waals surface area (Å²) in [5.41, 5.74) is -3.81. The molecule has 1 aromatic rings. The molecule has 2 aliphatic rings. The van der Waals surface area contributed by atoms with Crippen LogP contribution < -0.4 is 5.32 Å². The number of likely N-dealkylation sites (tertiary alicyclic amines) is 1. The van der Waals surface area contributed by atoms with Crippen molar-refractivity contribution in [1.29, 1.82) is 0 Å². The summed E-state index contributed by atoms with van der Waals surface area (Å²) in [6.07, 6.45) is -6.78. The van der Waals surface area contributed by atoms with Gasteiger partial charge >= 0.3 is 12.4 Å². The number of nitrogens with zero attached hydrogens (tertiary/aromatic N) is 1. The lowest BCUT2D eigenvalue weighted by atomic mass is 9.74. The maximum Gasteiger partial charge on any atom is 0.416 e. The number of piperidine rings is 1. The van der Waals surface area contributed by atoms with E-state index in [1.165, 1.54) is 0 Å². The van der Waals surface area contributed by atoms with Gasteiger partial charge < -0.3 is 10.4 Å². The Morgan fingerprint density at radius 2 is 1.73 bits per heavy atom. The molecular formula is C23H30F6N2O2. The van der Waals surface area contributed by atoms with Crippen LogP contribution in [0.2, 0.25) is 0 Å². The Morgan fingerprint density at radius 1 is 1.12 bits per heavy atom. The number of aliphatic hydroxyl groups is 1. The molecule has 3 atom stereocenters. The average Bonchev–Trinajstić information content (AvgIpc) is 3.17. The van der Waals surface area contributed by atoms with Crippen molar-refractivity contribution in [2.24, 2.45) is 11.3 Å². The van der Waals surface area contributed by atoms with E-state index in [-0.39, 0.29) is 29.5 Å². The summed E-state index contributed by atoms with van der Waals surface area (Å²) in [7, 11) is 0. The fraction of sp³-hybridized carbons (Fsp3) is 0.696. The summed E-state index contributed by atoms with van der Waals surface area (Å²) >= 11 is 0. The van der Waals surface area contributed by atoms with E-state index >= 15 is 0 Å². The highest BCUT2D eigenvalue weighted by atomic mass is 19.4. The Hall–Kier alpha value is -1.81. The van der Waals surface area contributed by atoms with Gasteiger partial charge in [-0.2, -0.15) is 26.3 Å². The van der Waals surface area contributed by atoms with Crippen LogP contribution in [0.5, 0.6) is 0 Å². The highest BCUT2D eigenvalue weighted by molar-refractivity contribution is 5.83. The lowest BCUT2D eigenvalue weighted by molar-refractivity contribution is -0.143. The first-order valence-electron chi connectivity index (χ1n) is 11.2. The molecule has 0 spiro atoms. The number of nitrogens with one attached hydrogen (secondary N) is 1. The van der Waals surface area contributed by atoms with Crippen LogP contribution in [0, 0.1) is 11.3 Å². The molecule has 186 valence electrons. The number of benzene rings is 1. The molecule has 3 rings (SSSR count). The molecule has 1 aliphatic heterocycles. The fourth-order valence-electron chi connectivity index (χ4n) is 5.15. The van der Waals surface area contributed by atoms with Gasteiger partial charge in [0.2, 0.25) is 5.91 Å². The Balaban J connectivity index is 1.76. The minimum atomic E-state index is -4.93. The van der Waals surface area contributed by atoms with Crippen molar-refractivity contribution in [2.45, 2.75) is 77.0 Å². The summed E-state index contributed by atoms with van der Waals surface area (Å²) in [5.74, 6) is -0.423. The van der Waals surface area contributed by atoms with Crippen LogP contribution in [0.4, 0.5) is 26.3 Å². The molecule has 10 heteroatoms. The first-order valence-corrected chi connectivity index (χ1v) is 11.2. The number of amides is 1. The van der Waals surface area contributed by atoms with Crippen LogP contribution in [0.15, 0.2) is 18.2 Å². The van der Waals surface area contributed by atoms with Gasteiger partial charge in [-0.15, -0.1) is 0 Å². The fourth-order valence-corrected chi connectivity index (χ4v) is 5.15. The Labute approximate surface area is 189 Å².